The maximum absolute atomic E-state index is 8.88. The summed E-state index contributed by atoms with van der Waals surface area (Å²) in [5.74, 6) is 0. The average Bonchev–Trinajstić information content (AvgIpc) is 2.12. The monoisotopic (exact) mass is 255 g/mol. The first-order valence-corrected chi connectivity index (χ1v) is 7.41. The predicted octanol–water partition coefficient (Wildman–Crippen LogP) is 2.16. The van der Waals surface area contributed by atoms with Crippen molar-refractivity contribution in [2.75, 3.05) is 0 Å². The van der Waals surface area contributed by atoms with Gasteiger partial charge in [0.05, 0.1) is 0 Å². The van der Waals surface area contributed by atoms with Gasteiger partial charge < -0.3 is 20.4 Å². The Bertz CT molecular complexity index is 175. The first-order valence-electron chi connectivity index (χ1n) is 5.85. The van der Waals surface area contributed by atoms with Crippen LogP contribution in [0.15, 0.2) is 0 Å². The Morgan fingerprint density at radius 2 is 1.38 bits per heavy atom. The van der Waals surface area contributed by atoms with Crippen LogP contribution in [0.4, 0.5) is 0 Å². The van der Waals surface area contributed by atoms with Crippen LogP contribution in [0.2, 0.25) is 0 Å². The summed E-state index contributed by atoms with van der Waals surface area (Å²) in [7, 11) is -4.64. The minimum absolute atomic E-state index is 0.474. The lowest BCUT2D eigenvalue weighted by Gasteiger charge is -2.09. The number of nitrogens with two attached hydrogens (primary N) is 1. The number of unbranched alkanes of at least 4 members (excludes halogenated alkanes) is 3. The van der Waals surface area contributed by atoms with Crippen LogP contribution in [0.1, 0.15) is 58.8 Å². The highest BCUT2D eigenvalue weighted by molar-refractivity contribution is 7.45. The number of phosphoric acid groups is 1. The largest absolute Gasteiger partial charge is 0.466 e. The summed E-state index contributed by atoms with van der Waals surface area (Å²) in [6, 6.07) is 0.474. The van der Waals surface area contributed by atoms with E-state index >= 15 is 0 Å². The van der Waals surface area contributed by atoms with Gasteiger partial charge in [-0.15, -0.1) is 0 Å². The minimum Gasteiger partial charge on any atom is -0.328 e. The van der Waals surface area contributed by atoms with Crippen molar-refractivity contribution in [2.45, 2.75) is 64.8 Å². The second-order valence-electron chi connectivity index (χ2n) is 3.91. The lowest BCUT2D eigenvalue weighted by atomic mass is 10.0. The summed E-state index contributed by atoms with van der Waals surface area (Å²) in [4.78, 5) is 21.6. The zero-order valence-electron chi connectivity index (χ0n) is 10.3. The summed E-state index contributed by atoms with van der Waals surface area (Å²) in [6.45, 7) is 4.45. The SMILES string of the molecule is CCCCCC(N)CCCC.O=P(O)(O)O. The Hall–Kier alpha value is 0.0700. The molecule has 0 saturated carbocycles. The molecule has 0 aliphatic rings. The molecule has 0 aromatic rings. The third kappa shape index (κ3) is 29.2. The van der Waals surface area contributed by atoms with E-state index in [1.54, 1.807) is 0 Å². The van der Waals surface area contributed by atoms with Crippen molar-refractivity contribution in [3.8, 4) is 0 Å². The molecule has 0 bridgehead atoms. The molecule has 16 heavy (non-hydrogen) atoms. The zero-order valence-corrected chi connectivity index (χ0v) is 11.2. The first kappa shape index (κ1) is 18.4. The molecule has 0 spiro atoms. The number of hydrogen-bond donors (Lipinski definition) is 4. The van der Waals surface area contributed by atoms with Crippen LogP contribution >= 0.6 is 7.82 Å². The van der Waals surface area contributed by atoms with E-state index in [9.17, 15) is 0 Å². The molecular weight excluding hydrogens is 229 g/mol. The van der Waals surface area contributed by atoms with Gasteiger partial charge in [0.2, 0.25) is 0 Å². The van der Waals surface area contributed by atoms with Crippen molar-refractivity contribution in [1.82, 2.24) is 0 Å². The summed E-state index contributed by atoms with van der Waals surface area (Å²) in [5.41, 5.74) is 5.90. The fourth-order valence-corrected chi connectivity index (χ4v) is 1.27. The number of rotatable bonds is 7. The standard InChI is InChI=1S/C10H23N.H3O4P/c1-3-5-7-9-10(11)8-6-4-2;1-5(2,3)4/h10H,3-9,11H2,1-2H3;(H3,1,2,3,4). The third-order valence-corrected chi connectivity index (χ3v) is 2.11. The molecule has 0 fully saturated rings. The zero-order chi connectivity index (χ0) is 13.0. The van der Waals surface area contributed by atoms with Crippen LogP contribution in [-0.2, 0) is 4.57 Å². The summed E-state index contributed by atoms with van der Waals surface area (Å²) in [6.07, 6.45) is 9.00. The molecule has 0 saturated heterocycles. The lowest BCUT2D eigenvalue weighted by Crippen LogP contribution is -2.19. The van der Waals surface area contributed by atoms with Crippen molar-refractivity contribution in [1.29, 1.82) is 0 Å². The van der Waals surface area contributed by atoms with E-state index in [-0.39, 0.29) is 0 Å². The Morgan fingerprint density at radius 3 is 1.75 bits per heavy atom. The molecule has 0 aromatic carbocycles. The van der Waals surface area contributed by atoms with Gasteiger partial charge in [0, 0.05) is 6.04 Å². The molecular formula is C10H26NO4P. The maximum atomic E-state index is 8.88. The molecule has 0 aliphatic heterocycles. The average molecular weight is 255 g/mol. The third-order valence-electron chi connectivity index (χ3n) is 2.11. The van der Waals surface area contributed by atoms with Crippen LogP contribution in [0.3, 0.4) is 0 Å². The Labute approximate surface area is 98.3 Å². The summed E-state index contributed by atoms with van der Waals surface area (Å²) in [5, 5.41) is 0. The van der Waals surface area contributed by atoms with Gasteiger partial charge in [-0.2, -0.15) is 0 Å². The summed E-state index contributed by atoms with van der Waals surface area (Å²) < 4.78 is 8.88. The van der Waals surface area contributed by atoms with Gasteiger partial charge in [0.15, 0.2) is 0 Å². The van der Waals surface area contributed by atoms with Gasteiger partial charge in [-0.05, 0) is 12.8 Å². The van der Waals surface area contributed by atoms with Crippen LogP contribution in [0.25, 0.3) is 0 Å². The van der Waals surface area contributed by atoms with Crippen LogP contribution in [-0.4, -0.2) is 20.7 Å². The van der Waals surface area contributed by atoms with Crippen molar-refractivity contribution >= 4 is 7.82 Å². The molecule has 1 atom stereocenters. The van der Waals surface area contributed by atoms with Gasteiger partial charge in [-0.3, -0.25) is 0 Å². The molecule has 100 valence electrons. The predicted molar refractivity (Wildman–Crippen MR) is 65.9 cm³/mol. The van der Waals surface area contributed by atoms with E-state index in [0.717, 1.165) is 0 Å². The highest BCUT2D eigenvalue weighted by Gasteiger charge is 2.00. The fraction of sp³-hybridized carbons (Fsp3) is 1.00. The van der Waals surface area contributed by atoms with E-state index < -0.39 is 7.82 Å². The highest BCUT2D eigenvalue weighted by atomic mass is 31.2. The maximum Gasteiger partial charge on any atom is 0.466 e. The molecule has 0 rings (SSSR count). The van der Waals surface area contributed by atoms with Gasteiger partial charge in [-0.25, -0.2) is 4.57 Å². The smallest absolute Gasteiger partial charge is 0.328 e. The second kappa shape index (κ2) is 11.6. The lowest BCUT2D eigenvalue weighted by molar-refractivity contribution is 0.275. The molecule has 5 N–H and O–H groups in total. The Kier molecular flexibility index (Phi) is 13.3. The molecule has 1 unspecified atom stereocenters. The van der Waals surface area contributed by atoms with E-state index in [1.807, 2.05) is 0 Å². The molecule has 0 amide bonds. The van der Waals surface area contributed by atoms with E-state index in [0.29, 0.717) is 6.04 Å². The number of hydrogen-bond acceptors (Lipinski definition) is 2. The van der Waals surface area contributed by atoms with Gasteiger partial charge in [-0.1, -0.05) is 46.0 Å². The quantitative estimate of drug-likeness (QED) is 0.412. The molecule has 0 radical (unpaired) electrons. The Morgan fingerprint density at radius 1 is 1.00 bits per heavy atom. The molecule has 0 heterocycles. The Balaban J connectivity index is 0. The van der Waals surface area contributed by atoms with Crippen LogP contribution in [0, 0.1) is 0 Å². The highest BCUT2D eigenvalue weighted by Crippen LogP contribution is 2.25. The van der Waals surface area contributed by atoms with Crippen molar-refractivity contribution in [2.24, 2.45) is 5.73 Å². The second-order valence-corrected chi connectivity index (χ2v) is 4.94. The van der Waals surface area contributed by atoms with E-state index in [4.69, 9.17) is 25.0 Å². The van der Waals surface area contributed by atoms with Crippen LogP contribution in [0.5, 0.6) is 0 Å². The van der Waals surface area contributed by atoms with Crippen molar-refractivity contribution in [3.05, 3.63) is 0 Å². The van der Waals surface area contributed by atoms with Gasteiger partial charge >= 0.3 is 7.82 Å². The van der Waals surface area contributed by atoms with E-state index in [2.05, 4.69) is 13.8 Å². The van der Waals surface area contributed by atoms with Crippen molar-refractivity contribution < 1.29 is 19.2 Å². The normalized spacial score (nSPS) is 12.9. The first-order chi connectivity index (χ1) is 7.31. The van der Waals surface area contributed by atoms with Gasteiger partial charge in [0.1, 0.15) is 0 Å². The minimum atomic E-state index is -4.64. The molecule has 5 nitrogen and oxygen atoms in total. The molecule has 0 aromatic heterocycles. The van der Waals surface area contributed by atoms with Gasteiger partial charge in [0.25, 0.3) is 0 Å². The van der Waals surface area contributed by atoms with Crippen LogP contribution < -0.4 is 5.73 Å². The van der Waals surface area contributed by atoms with E-state index in [1.165, 1.54) is 44.9 Å². The molecule has 0 aliphatic carbocycles. The topological polar surface area (TPSA) is 104 Å². The van der Waals surface area contributed by atoms with Crippen molar-refractivity contribution in [3.63, 3.8) is 0 Å². The molecule has 6 heteroatoms. The fourth-order valence-electron chi connectivity index (χ4n) is 1.27. The summed E-state index contributed by atoms with van der Waals surface area (Å²) >= 11 is 0.